The lowest BCUT2D eigenvalue weighted by atomic mass is 9.87. The van der Waals surface area contributed by atoms with Crippen molar-refractivity contribution in [2.75, 3.05) is 23.9 Å². The highest BCUT2D eigenvalue weighted by Gasteiger charge is 2.51. The van der Waals surface area contributed by atoms with Crippen LogP contribution < -0.4 is 15.0 Å². The summed E-state index contributed by atoms with van der Waals surface area (Å²) in [6, 6.07) is 21.2. The van der Waals surface area contributed by atoms with Crippen molar-refractivity contribution in [3.05, 3.63) is 89.5 Å². The molecular weight excluding hydrogens is 380 g/mol. The minimum atomic E-state index is -1.83. The Labute approximate surface area is 174 Å². The number of methoxy groups -OCH3 is 1. The molecule has 3 aromatic rings. The van der Waals surface area contributed by atoms with Crippen molar-refractivity contribution in [1.82, 2.24) is 0 Å². The van der Waals surface area contributed by atoms with E-state index in [0.29, 0.717) is 28.3 Å². The average molecular weight is 402 g/mol. The van der Waals surface area contributed by atoms with Crippen LogP contribution in [0.25, 0.3) is 0 Å². The van der Waals surface area contributed by atoms with Crippen molar-refractivity contribution in [3.63, 3.8) is 0 Å². The van der Waals surface area contributed by atoms with E-state index < -0.39 is 11.5 Å². The summed E-state index contributed by atoms with van der Waals surface area (Å²) in [4.78, 5) is 27.4. The van der Waals surface area contributed by atoms with Crippen molar-refractivity contribution in [1.29, 1.82) is 0 Å². The van der Waals surface area contributed by atoms with E-state index in [1.165, 1.54) is 4.90 Å². The minimum Gasteiger partial charge on any atom is -0.497 e. The van der Waals surface area contributed by atoms with Crippen molar-refractivity contribution < 1.29 is 19.4 Å². The maximum atomic E-state index is 13.4. The summed E-state index contributed by atoms with van der Waals surface area (Å²) in [5.74, 6) is -0.306. The predicted octanol–water partition coefficient (Wildman–Crippen LogP) is 3.22. The first-order chi connectivity index (χ1) is 14.4. The van der Waals surface area contributed by atoms with Gasteiger partial charge in [-0.2, -0.15) is 0 Å². The third-order valence-electron chi connectivity index (χ3n) is 5.23. The van der Waals surface area contributed by atoms with Gasteiger partial charge in [0.05, 0.1) is 12.8 Å². The average Bonchev–Trinajstić information content (AvgIpc) is 2.97. The number of fused-ring (bicyclic) bond motifs is 1. The Morgan fingerprint density at radius 1 is 1.07 bits per heavy atom. The summed E-state index contributed by atoms with van der Waals surface area (Å²) < 4.78 is 5.17. The van der Waals surface area contributed by atoms with Gasteiger partial charge in [0.1, 0.15) is 12.3 Å². The Hall–Kier alpha value is -3.64. The van der Waals surface area contributed by atoms with Gasteiger partial charge < -0.3 is 15.2 Å². The van der Waals surface area contributed by atoms with Gasteiger partial charge in [0, 0.05) is 17.3 Å². The molecule has 0 aromatic heterocycles. The maximum absolute atomic E-state index is 13.4. The van der Waals surface area contributed by atoms with E-state index in [4.69, 9.17) is 4.74 Å². The maximum Gasteiger partial charge on any atom is 0.268 e. The molecule has 30 heavy (non-hydrogen) atoms. The van der Waals surface area contributed by atoms with Gasteiger partial charge in [-0.15, -0.1) is 0 Å². The molecule has 2 N–H and O–H groups in total. The lowest BCUT2D eigenvalue weighted by Gasteiger charge is -2.24. The SMILES string of the molecule is COc1cccc(NC(=O)CN2C(=O)[C@](O)(c3cccc(C)c3)c3ccccc32)c1. The van der Waals surface area contributed by atoms with Crippen molar-refractivity contribution in [2.45, 2.75) is 12.5 Å². The van der Waals surface area contributed by atoms with E-state index in [1.807, 2.05) is 13.0 Å². The molecular formula is C24H22N2O4. The molecule has 1 aliphatic rings. The first-order valence-corrected chi connectivity index (χ1v) is 9.58. The lowest BCUT2D eigenvalue weighted by molar-refractivity contribution is -0.133. The molecule has 3 aromatic carbocycles. The van der Waals surface area contributed by atoms with E-state index in [2.05, 4.69) is 5.32 Å². The largest absolute Gasteiger partial charge is 0.497 e. The molecule has 1 heterocycles. The number of anilines is 2. The number of carbonyl (C=O) groups is 2. The fraction of sp³-hybridized carbons (Fsp3) is 0.167. The van der Waals surface area contributed by atoms with Gasteiger partial charge in [-0.1, -0.05) is 54.1 Å². The van der Waals surface area contributed by atoms with Crippen molar-refractivity contribution in [3.8, 4) is 5.75 Å². The highest BCUT2D eigenvalue weighted by molar-refractivity contribution is 6.12. The van der Waals surface area contributed by atoms with E-state index in [1.54, 1.807) is 73.8 Å². The summed E-state index contributed by atoms with van der Waals surface area (Å²) in [7, 11) is 1.55. The van der Waals surface area contributed by atoms with Crippen LogP contribution >= 0.6 is 0 Å². The van der Waals surface area contributed by atoms with E-state index in [9.17, 15) is 14.7 Å². The molecule has 0 saturated heterocycles. The number of rotatable bonds is 5. The van der Waals surface area contributed by atoms with Crippen LogP contribution in [-0.2, 0) is 15.2 Å². The third-order valence-corrected chi connectivity index (χ3v) is 5.23. The topological polar surface area (TPSA) is 78.9 Å². The minimum absolute atomic E-state index is 0.221. The molecule has 0 unspecified atom stereocenters. The van der Waals surface area contributed by atoms with E-state index in [-0.39, 0.29) is 12.5 Å². The van der Waals surface area contributed by atoms with Gasteiger partial charge in [-0.25, -0.2) is 0 Å². The van der Waals surface area contributed by atoms with Gasteiger partial charge >= 0.3 is 0 Å². The Morgan fingerprint density at radius 3 is 2.60 bits per heavy atom. The van der Waals surface area contributed by atoms with Crippen LogP contribution in [0.4, 0.5) is 11.4 Å². The Kier molecular flexibility index (Phi) is 5.01. The van der Waals surface area contributed by atoms with E-state index in [0.717, 1.165) is 5.56 Å². The zero-order valence-electron chi connectivity index (χ0n) is 16.8. The second-order valence-corrected chi connectivity index (χ2v) is 7.27. The van der Waals surface area contributed by atoms with Crippen molar-refractivity contribution >= 4 is 23.2 Å². The number of hydrogen-bond donors (Lipinski definition) is 2. The molecule has 6 heteroatoms. The second-order valence-electron chi connectivity index (χ2n) is 7.27. The number of aliphatic hydroxyl groups is 1. The molecule has 0 spiro atoms. The monoisotopic (exact) mass is 402 g/mol. The number of nitrogens with one attached hydrogen (secondary N) is 1. The smallest absolute Gasteiger partial charge is 0.268 e. The van der Waals surface area contributed by atoms with Crippen LogP contribution in [0, 0.1) is 6.92 Å². The Balaban J connectivity index is 1.64. The number of amides is 2. The van der Waals surface area contributed by atoms with Crippen LogP contribution in [0.5, 0.6) is 5.75 Å². The lowest BCUT2D eigenvalue weighted by Crippen LogP contribution is -2.44. The molecule has 0 aliphatic carbocycles. The van der Waals surface area contributed by atoms with Gasteiger partial charge in [0.15, 0.2) is 5.60 Å². The summed E-state index contributed by atoms with van der Waals surface area (Å²) in [5.41, 5.74) is 1.13. The van der Waals surface area contributed by atoms with Crippen LogP contribution in [-0.4, -0.2) is 30.6 Å². The number of carbonyl (C=O) groups excluding carboxylic acids is 2. The fourth-order valence-corrected chi connectivity index (χ4v) is 3.79. The molecule has 2 amide bonds. The highest BCUT2D eigenvalue weighted by atomic mass is 16.5. The predicted molar refractivity (Wildman–Crippen MR) is 115 cm³/mol. The quantitative estimate of drug-likeness (QED) is 0.687. The van der Waals surface area contributed by atoms with Crippen LogP contribution in [0.15, 0.2) is 72.8 Å². The van der Waals surface area contributed by atoms with Crippen LogP contribution in [0.1, 0.15) is 16.7 Å². The summed E-state index contributed by atoms with van der Waals surface area (Å²) in [6.07, 6.45) is 0. The van der Waals surface area contributed by atoms with Crippen molar-refractivity contribution in [2.24, 2.45) is 0 Å². The van der Waals surface area contributed by atoms with Crippen LogP contribution in [0.3, 0.4) is 0 Å². The van der Waals surface area contributed by atoms with Gasteiger partial charge in [0.25, 0.3) is 5.91 Å². The molecule has 0 saturated carbocycles. The Morgan fingerprint density at radius 2 is 1.83 bits per heavy atom. The molecule has 152 valence electrons. The number of aryl methyl sites for hydroxylation is 1. The number of nitrogens with zero attached hydrogens (tertiary/aromatic N) is 1. The molecule has 6 nitrogen and oxygen atoms in total. The zero-order chi connectivity index (χ0) is 21.3. The Bertz CT molecular complexity index is 1130. The third kappa shape index (κ3) is 3.31. The molecule has 0 fully saturated rings. The van der Waals surface area contributed by atoms with Gasteiger partial charge in [-0.3, -0.25) is 14.5 Å². The number of benzene rings is 3. The molecule has 1 atom stereocenters. The number of hydrogen-bond acceptors (Lipinski definition) is 4. The summed E-state index contributed by atoms with van der Waals surface area (Å²) in [6.45, 7) is 1.68. The van der Waals surface area contributed by atoms with E-state index >= 15 is 0 Å². The summed E-state index contributed by atoms with van der Waals surface area (Å²) >= 11 is 0. The molecule has 0 radical (unpaired) electrons. The van der Waals surface area contributed by atoms with Gasteiger partial charge in [-0.05, 0) is 30.7 Å². The standard InChI is InChI=1S/C24H22N2O4/c1-16-7-5-8-17(13-16)24(29)20-11-3-4-12-21(20)26(23(24)28)15-22(27)25-18-9-6-10-19(14-18)30-2/h3-14,29H,15H2,1-2H3,(H,25,27)/t24-/m0/s1. The second kappa shape index (κ2) is 7.65. The number of ether oxygens (including phenoxy) is 1. The highest BCUT2D eigenvalue weighted by Crippen LogP contribution is 2.44. The first-order valence-electron chi connectivity index (χ1n) is 9.58. The molecule has 1 aliphatic heterocycles. The normalized spacial score (nSPS) is 17.6. The van der Waals surface area contributed by atoms with Crippen LogP contribution in [0.2, 0.25) is 0 Å². The number of para-hydroxylation sites is 1. The van der Waals surface area contributed by atoms with Gasteiger partial charge in [0.2, 0.25) is 5.91 Å². The first kappa shape index (κ1) is 19.7. The zero-order valence-corrected chi connectivity index (χ0v) is 16.8. The molecule has 4 rings (SSSR count). The summed E-state index contributed by atoms with van der Waals surface area (Å²) in [5, 5.41) is 14.3. The molecule has 0 bridgehead atoms. The fourth-order valence-electron chi connectivity index (χ4n) is 3.79.